The maximum Gasteiger partial charge on any atom is 0.323 e. The summed E-state index contributed by atoms with van der Waals surface area (Å²) < 4.78 is 12.9. The average Bonchev–Trinajstić information content (AvgIpc) is 2.64. The number of halogens is 1. The SMILES string of the molecule is C=C/C(=C\N)c1cnc2ccc(NC(=O)Nc3ccc(F)cc3)cc2n1. The fraction of sp³-hybridized carbons (Fsp3) is 0. The Bertz CT molecular complexity index is 998. The van der Waals surface area contributed by atoms with Gasteiger partial charge in [-0.1, -0.05) is 12.7 Å². The van der Waals surface area contributed by atoms with Crippen molar-refractivity contribution in [2.45, 2.75) is 0 Å². The van der Waals surface area contributed by atoms with E-state index in [2.05, 4.69) is 27.2 Å². The number of carbonyl (C=O) groups excluding carboxylic acids is 1. The van der Waals surface area contributed by atoms with E-state index in [0.717, 1.165) is 0 Å². The van der Waals surface area contributed by atoms with Crippen LogP contribution in [-0.4, -0.2) is 16.0 Å². The van der Waals surface area contributed by atoms with Crippen LogP contribution in [0.1, 0.15) is 5.69 Å². The number of fused-ring (bicyclic) bond motifs is 1. The molecule has 4 N–H and O–H groups in total. The van der Waals surface area contributed by atoms with Crippen molar-refractivity contribution in [3.05, 3.63) is 79.0 Å². The lowest BCUT2D eigenvalue weighted by atomic mass is 10.2. The zero-order chi connectivity index (χ0) is 18.5. The second kappa shape index (κ2) is 7.43. The van der Waals surface area contributed by atoms with E-state index in [1.54, 1.807) is 30.5 Å². The van der Waals surface area contributed by atoms with Gasteiger partial charge in [0.25, 0.3) is 0 Å². The highest BCUT2D eigenvalue weighted by atomic mass is 19.1. The first kappa shape index (κ1) is 17.1. The predicted molar refractivity (Wildman–Crippen MR) is 101 cm³/mol. The summed E-state index contributed by atoms with van der Waals surface area (Å²) in [5.41, 5.74) is 9.10. The van der Waals surface area contributed by atoms with Gasteiger partial charge in [-0.05, 0) is 42.5 Å². The molecule has 0 atom stereocenters. The number of carbonyl (C=O) groups is 1. The fourth-order valence-electron chi connectivity index (χ4n) is 2.31. The lowest BCUT2D eigenvalue weighted by Gasteiger charge is -2.09. The van der Waals surface area contributed by atoms with Crippen molar-refractivity contribution in [3.63, 3.8) is 0 Å². The normalized spacial score (nSPS) is 11.2. The molecule has 6 nitrogen and oxygen atoms in total. The molecule has 0 saturated heterocycles. The summed E-state index contributed by atoms with van der Waals surface area (Å²) >= 11 is 0. The Kier molecular flexibility index (Phi) is 4.89. The highest BCUT2D eigenvalue weighted by Crippen LogP contribution is 2.19. The van der Waals surface area contributed by atoms with Gasteiger partial charge in [0.05, 0.1) is 22.9 Å². The fourth-order valence-corrected chi connectivity index (χ4v) is 2.31. The highest BCUT2D eigenvalue weighted by Gasteiger charge is 2.07. The largest absolute Gasteiger partial charge is 0.404 e. The van der Waals surface area contributed by atoms with E-state index < -0.39 is 6.03 Å². The van der Waals surface area contributed by atoms with Crippen LogP contribution in [0.25, 0.3) is 16.6 Å². The second-order valence-electron chi connectivity index (χ2n) is 5.37. The molecule has 0 saturated carbocycles. The van der Waals surface area contributed by atoms with Gasteiger partial charge in [0, 0.05) is 23.1 Å². The van der Waals surface area contributed by atoms with Crippen LogP contribution < -0.4 is 16.4 Å². The first-order valence-corrected chi connectivity index (χ1v) is 7.74. The Labute approximate surface area is 149 Å². The first-order chi connectivity index (χ1) is 12.6. The number of benzene rings is 2. The van der Waals surface area contributed by atoms with Crippen molar-refractivity contribution in [2.24, 2.45) is 5.73 Å². The maximum absolute atomic E-state index is 12.9. The van der Waals surface area contributed by atoms with Gasteiger partial charge in [0.15, 0.2) is 0 Å². The number of hydrogen-bond donors (Lipinski definition) is 3. The summed E-state index contributed by atoms with van der Waals surface area (Å²) in [6, 6.07) is 10.2. The number of aromatic nitrogens is 2. The Morgan fingerprint density at radius 1 is 1.08 bits per heavy atom. The Balaban J connectivity index is 1.80. The van der Waals surface area contributed by atoms with Crippen LogP contribution in [0.2, 0.25) is 0 Å². The van der Waals surface area contributed by atoms with E-state index in [9.17, 15) is 9.18 Å². The second-order valence-corrected chi connectivity index (χ2v) is 5.37. The monoisotopic (exact) mass is 349 g/mol. The van der Waals surface area contributed by atoms with Gasteiger partial charge in [0.2, 0.25) is 0 Å². The van der Waals surface area contributed by atoms with E-state index >= 15 is 0 Å². The molecule has 7 heteroatoms. The van der Waals surface area contributed by atoms with E-state index in [0.29, 0.717) is 33.7 Å². The molecule has 3 rings (SSSR count). The third kappa shape index (κ3) is 3.84. The summed E-state index contributed by atoms with van der Waals surface area (Å²) in [5.74, 6) is -0.370. The highest BCUT2D eigenvalue weighted by molar-refractivity contribution is 6.00. The number of amides is 2. The van der Waals surface area contributed by atoms with Crippen LogP contribution in [0.5, 0.6) is 0 Å². The molecule has 130 valence electrons. The summed E-state index contributed by atoms with van der Waals surface area (Å²) in [7, 11) is 0. The molecule has 3 aromatic rings. The average molecular weight is 349 g/mol. The quantitative estimate of drug-likeness (QED) is 0.623. The van der Waals surface area contributed by atoms with E-state index in [1.165, 1.54) is 30.5 Å². The van der Waals surface area contributed by atoms with Crippen molar-refractivity contribution in [2.75, 3.05) is 10.6 Å². The number of allylic oxidation sites excluding steroid dienone is 2. The molecule has 2 amide bonds. The van der Waals surface area contributed by atoms with Crippen LogP contribution >= 0.6 is 0 Å². The third-order valence-electron chi connectivity index (χ3n) is 3.60. The number of nitrogens with two attached hydrogens (primary N) is 1. The molecule has 0 spiro atoms. The minimum Gasteiger partial charge on any atom is -0.404 e. The smallest absolute Gasteiger partial charge is 0.323 e. The number of nitrogens with one attached hydrogen (secondary N) is 2. The maximum atomic E-state index is 12.9. The van der Waals surface area contributed by atoms with Crippen molar-refractivity contribution < 1.29 is 9.18 Å². The molecular formula is C19H16FN5O. The number of rotatable bonds is 4. The van der Waals surface area contributed by atoms with Crippen molar-refractivity contribution in [3.8, 4) is 0 Å². The van der Waals surface area contributed by atoms with Crippen LogP contribution in [0.3, 0.4) is 0 Å². The van der Waals surface area contributed by atoms with Crippen molar-refractivity contribution in [1.82, 2.24) is 9.97 Å². The Morgan fingerprint density at radius 3 is 2.46 bits per heavy atom. The van der Waals surface area contributed by atoms with Crippen molar-refractivity contribution in [1.29, 1.82) is 0 Å². The van der Waals surface area contributed by atoms with Crippen LogP contribution in [0, 0.1) is 5.82 Å². The molecule has 0 radical (unpaired) electrons. The molecule has 1 aromatic heterocycles. The molecule has 0 bridgehead atoms. The van der Waals surface area contributed by atoms with Gasteiger partial charge >= 0.3 is 6.03 Å². The van der Waals surface area contributed by atoms with E-state index in [4.69, 9.17) is 5.73 Å². The predicted octanol–water partition coefficient (Wildman–Crippen LogP) is 3.90. The van der Waals surface area contributed by atoms with Gasteiger partial charge in [-0.15, -0.1) is 0 Å². The zero-order valence-electron chi connectivity index (χ0n) is 13.7. The summed E-state index contributed by atoms with van der Waals surface area (Å²) in [6.45, 7) is 3.69. The van der Waals surface area contributed by atoms with Gasteiger partial charge in [-0.3, -0.25) is 4.98 Å². The molecule has 26 heavy (non-hydrogen) atoms. The first-order valence-electron chi connectivity index (χ1n) is 7.74. The van der Waals surface area contributed by atoms with Crippen LogP contribution in [-0.2, 0) is 0 Å². The van der Waals surface area contributed by atoms with Gasteiger partial charge in [-0.2, -0.15) is 0 Å². The minimum absolute atomic E-state index is 0.370. The molecular weight excluding hydrogens is 333 g/mol. The molecule has 0 aliphatic rings. The summed E-state index contributed by atoms with van der Waals surface area (Å²) in [6.07, 6.45) is 4.60. The molecule has 0 fully saturated rings. The number of urea groups is 1. The summed E-state index contributed by atoms with van der Waals surface area (Å²) in [5, 5.41) is 5.32. The number of hydrogen-bond acceptors (Lipinski definition) is 4. The molecule has 0 aliphatic heterocycles. The summed E-state index contributed by atoms with van der Waals surface area (Å²) in [4.78, 5) is 20.9. The standard InChI is InChI=1S/C19H16FN5O/c1-2-12(10-21)18-11-22-16-8-7-15(9-17(16)25-18)24-19(26)23-14-5-3-13(20)4-6-14/h2-11H,1,21H2,(H2,23,24,26)/b12-10+. The van der Waals surface area contributed by atoms with Crippen LogP contribution in [0.15, 0.2) is 67.5 Å². The van der Waals surface area contributed by atoms with E-state index in [-0.39, 0.29) is 5.82 Å². The number of nitrogens with zero attached hydrogens (tertiary/aromatic N) is 2. The Hall–Kier alpha value is -3.74. The molecule has 0 aliphatic carbocycles. The van der Waals surface area contributed by atoms with E-state index in [1.807, 2.05) is 0 Å². The topological polar surface area (TPSA) is 92.9 Å². The molecule has 2 aromatic carbocycles. The minimum atomic E-state index is -0.450. The number of anilines is 2. The Morgan fingerprint density at radius 2 is 1.77 bits per heavy atom. The van der Waals surface area contributed by atoms with Crippen molar-refractivity contribution >= 4 is 34.0 Å². The van der Waals surface area contributed by atoms with Gasteiger partial charge in [-0.25, -0.2) is 14.2 Å². The molecule has 0 unspecified atom stereocenters. The third-order valence-corrected chi connectivity index (χ3v) is 3.60. The lowest BCUT2D eigenvalue weighted by Crippen LogP contribution is -2.19. The van der Waals surface area contributed by atoms with Gasteiger partial charge in [0.1, 0.15) is 5.82 Å². The van der Waals surface area contributed by atoms with Gasteiger partial charge < -0.3 is 16.4 Å². The van der Waals surface area contributed by atoms with Crippen LogP contribution in [0.4, 0.5) is 20.6 Å². The zero-order valence-corrected chi connectivity index (χ0v) is 13.7. The lowest BCUT2D eigenvalue weighted by molar-refractivity contribution is 0.262. The molecule has 1 heterocycles.